The van der Waals surface area contributed by atoms with Crippen LogP contribution in [0, 0.1) is 5.92 Å². The van der Waals surface area contributed by atoms with Crippen LogP contribution in [0.25, 0.3) is 0 Å². The van der Waals surface area contributed by atoms with Crippen LogP contribution in [-0.4, -0.2) is 25.3 Å². The number of benzene rings is 1. The fourth-order valence-corrected chi connectivity index (χ4v) is 3.78. The minimum atomic E-state index is -0.107. The van der Waals surface area contributed by atoms with Crippen molar-refractivity contribution in [3.05, 3.63) is 23.8 Å². The molecule has 1 saturated carbocycles. The van der Waals surface area contributed by atoms with E-state index in [0.717, 1.165) is 36.9 Å². The van der Waals surface area contributed by atoms with E-state index in [1.54, 1.807) is 0 Å². The molecule has 1 aliphatic carbocycles. The molecule has 0 radical (unpaired) electrons. The van der Waals surface area contributed by atoms with E-state index in [0.29, 0.717) is 6.04 Å². The van der Waals surface area contributed by atoms with Crippen molar-refractivity contribution in [2.45, 2.75) is 57.6 Å². The number of hydrogen-bond acceptors (Lipinski definition) is 3. The lowest BCUT2D eigenvalue weighted by Gasteiger charge is -2.20. The average molecular weight is 289 g/mol. The molecule has 0 aromatic heterocycles. The highest BCUT2D eigenvalue weighted by molar-refractivity contribution is 5.50. The van der Waals surface area contributed by atoms with Gasteiger partial charge in [0.2, 0.25) is 0 Å². The highest BCUT2D eigenvalue weighted by Crippen LogP contribution is 2.42. The highest BCUT2D eigenvalue weighted by atomic mass is 16.5. The smallest absolute Gasteiger partial charge is 0.165 e. The lowest BCUT2D eigenvalue weighted by molar-refractivity contribution is 0.131. The van der Waals surface area contributed by atoms with Crippen molar-refractivity contribution in [3.63, 3.8) is 0 Å². The molecule has 1 aromatic rings. The Balaban J connectivity index is 1.59. The van der Waals surface area contributed by atoms with Gasteiger partial charge in [-0.2, -0.15) is 0 Å². The Morgan fingerprint density at radius 1 is 1.33 bits per heavy atom. The van der Waals surface area contributed by atoms with Crippen molar-refractivity contribution in [3.8, 4) is 11.5 Å². The summed E-state index contributed by atoms with van der Waals surface area (Å²) in [6, 6.07) is 6.92. The molecule has 2 unspecified atom stereocenters. The summed E-state index contributed by atoms with van der Waals surface area (Å²) >= 11 is 0. The van der Waals surface area contributed by atoms with Crippen molar-refractivity contribution < 1.29 is 9.47 Å². The molecule has 3 heteroatoms. The first-order valence-electron chi connectivity index (χ1n) is 8.20. The van der Waals surface area contributed by atoms with E-state index in [-0.39, 0.29) is 5.60 Å². The molecule has 1 aromatic carbocycles. The van der Waals surface area contributed by atoms with Gasteiger partial charge < -0.3 is 14.8 Å². The molecule has 0 bridgehead atoms. The van der Waals surface area contributed by atoms with E-state index in [1.165, 1.54) is 24.8 Å². The van der Waals surface area contributed by atoms with Crippen LogP contribution in [0.5, 0.6) is 11.5 Å². The maximum absolute atomic E-state index is 6.05. The first-order chi connectivity index (χ1) is 10.1. The number of fused-ring (bicyclic) bond motifs is 1. The zero-order valence-electron chi connectivity index (χ0n) is 13.4. The van der Waals surface area contributed by atoms with E-state index in [2.05, 4.69) is 38.3 Å². The molecule has 0 spiro atoms. The summed E-state index contributed by atoms with van der Waals surface area (Å²) in [5, 5.41) is 3.43. The minimum absolute atomic E-state index is 0.107. The lowest BCUT2D eigenvalue weighted by atomic mass is 10.0. The summed E-state index contributed by atoms with van der Waals surface area (Å²) in [5.41, 5.74) is 1.16. The van der Waals surface area contributed by atoms with E-state index in [1.807, 2.05) is 6.07 Å². The molecule has 1 fully saturated rings. The van der Waals surface area contributed by atoms with Gasteiger partial charge in [0, 0.05) is 18.0 Å². The molecule has 3 nitrogen and oxygen atoms in total. The fraction of sp³-hybridized carbons (Fsp3) is 0.667. The molecule has 0 saturated heterocycles. The monoisotopic (exact) mass is 289 g/mol. The van der Waals surface area contributed by atoms with E-state index < -0.39 is 0 Å². The fourth-order valence-electron chi connectivity index (χ4n) is 3.78. The molecule has 3 rings (SSSR count). The Morgan fingerprint density at radius 3 is 3.00 bits per heavy atom. The van der Waals surface area contributed by atoms with Crippen LogP contribution in [0.4, 0.5) is 0 Å². The summed E-state index contributed by atoms with van der Waals surface area (Å²) < 4.78 is 12.1. The molecule has 2 aliphatic rings. The van der Waals surface area contributed by atoms with Crippen LogP contribution in [0.1, 0.15) is 45.1 Å². The third-order valence-electron chi connectivity index (χ3n) is 4.83. The van der Waals surface area contributed by atoms with Crippen LogP contribution in [-0.2, 0) is 6.42 Å². The van der Waals surface area contributed by atoms with Crippen LogP contribution in [0.3, 0.4) is 0 Å². The predicted octanol–water partition coefficient (Wildman–Crippen LogP) is 3.56. The zero-order valence-corrected chi connectivity index (χ0v) is 13.4. The maximum Gasteiger partial charge on any atom is 0.165 e. The number of para-hydroxylation sites is 1. The standard InChI is InChI=1S/C18H27NO2/c1-18(2)12-14-7-5-9-16(17(14)21-18)20-11-10-13-6-4-8-15(13)19-3/h5,7,9,13,15,19H,4,6,8,10-12H2,1-3H3. The molecule has 0 amide bonds. The normalized spacial score (nSPS) is 26.4. The van der Waals surface area contributed by atoms with E-state index in [4.69, 9.17) is 9.47 Å². The number of hydrogen-bond donors (Lipinski definition) is 1. The molecule has 1 aliphatic heterocycles. The van der Waals surface area contributed by atoms with Crippen molar-refractivity contribution >= 4 is 0 Å². The van der Waals surface area contributed by atoms with Crippen LogP contribution in [0.2, 0.25) is 0 Å². The van der Waals surface area contributed by atoms with Gasteiger partial charge in [-0.15, -0.1) is 0 Å². The SMILES string of the molecule is CNC1CCCC1CCOc1cccc2c1OC(C)(C)C2. The third-order valence-corrected chi connectivity index (χ3v) is 4.83. The van der Waals surface area contributed by atoms with Crippen molar-refractivity contribution in [2.24, 2.45) is 5.92 Å². The summed E-state index contributed by atoms with van der Waals surface area (Å²) in [5.74, 6) is 2.63. The van der Waals surface area contributed by atoms with Crippen molar-refractivity contribution in [2.75, 3.05) is 13.7 Å². The molecular weight excluding hydrogens is 262 g/mol. The largest absolute Gasteiger partial charge is 0.490 e. The first kappa shape index (κ1) is 14.7. The van der Waals surface area contributed by atoms with Gasteiger partial charge in [-0.25, -0.2) is 0 Å². The second-order valence-electron chi connectivity index (χ2n) is 7.01. The van der Waals surface area contributed by atoms with Gasteiger partial charge in [-0.05, 0) is 52.1 Å². The van der Waals surface area contributed by atoms with Gasteiger partial charge in [0.1, 0.15) is 5.60 Å². The van der Waals surface area contributed by atoms with Gasteiger partial charge in [0.05, 0.1) is 6.61 Å². The second kappa shape index (κ2) is 5.88. The number of nitrogens with one attached hydrogen (secondary N) is 1. The Morgan fingerprint density at radius 2 is 2.19 bits per heavy atom. The Labute approximate surface area is 128 Å². The summed E-state index contributed by atoms with van der Waals surface area (Å²) in [7, 11) is 2.07. The van der Waals surface area contributed by atoms with Crippen molar-refractivity contribution in [1.82, 2.24) is 5.32 Å². The Kier molecular flexibility index (Phi) is 4.12. The van der Waals surface area contributed by atoms with Crippen LogP contribution >= 0.6 is 0 Å². The molecular formula is C18H27NO2. The highest BCUT2D eigenvalue weighted by Gasteiger charge is 2.32. The third kappa shape index (κ3) is 3.18. The molecule has 116 valence electrons. The maximum atomic E-state index is 6.05. The van der Waals surface area contributed by atoms with Gasteiger partial charge >= 0.3 is 0 Å². The van der Waals surface area contributed by atoms with Crippen LogP contribution in [0.15, 0.2) is 18.2 Å². The van der Waals surface area contributed by atoms with Gasteiger partial charge in [0.15, 0.2) is 11.5 Å². The lowest BCUT2D eigenvalue weighted by Crippen LogP contribution is -2.29. The average Bonchev–Trinajstić information content (AvgIpc) is 3.01. The van der Waals surface area contributed by atoms with Crippen molar-refractivity contribution in [1.29, 1.82) is 0 Å². The van der Waals surface area contributed by atoms with Gasteiger partial charge in [-0.3, -0.25) is 0 Å². The Bertz CT molecular complexity index is 498. The molecule has 1 heterocycles. The molecule has 2 atom stereocenters. The topological polar surface area (TPSA) is 30.5 Å². The Hall–Kier alpha value is -1.22. The first-order valence-corrected chi connectivity index (χ1v) is 8.20. The van der Waals surface area contributed by atoms with E-state index >= 15 is 0 Å². The minimum Gasteiger partial charge on any atom is -0.490 e. The zero-order chi connectivity index (χ0) is 14.9. The molecule has 1 N–H and O–H groups in total. The van der Waals surface area contributed by atoms with Gasteiger partial charge in [0.25, 0.3) is 0 Å². The van der Waals surface area contributed by atoms with E-state index in [9.17, 15) is 0 Å². The second-order valence-corrected chi connectivity index (χ2v) is 7.01. The van der Waals surface area contributed by atoms with Gasteiger partial charge in [-0.1, -0.05) is 18.6 Å². The summed E-state index contributed by atoms with van der Waals surface area (Å²) in [6.45, 7) is 5.04. The summed E-state index contributed by atoms with van der Waals surface area (Å²) in [6.07, 6.45) is 6.06. The van der Waals surface area contributed by atoms with Crippen LogP contribution < -0.4 is 14.8 Å². The summed E-state index contributed by atoms with van der Waals surface area (Å²) in [4.78, 5) is 0. The number of ether oxygens (including phenoxy) is 2. The molecule has 21 heavy (non-hydrogen) atoms. The number of rotatable bonds is 5. The quantitative estimate of drug-likeness (QED) is 0.899. The predicted molar refractivity (Wildman–Crippen MR) is 85.2 cm³/mol.